The van der Waals surface area contributed by atoms with E-state index in [0.29, 0.717) is 6.61 Å². The van der Waals surface area contributed by atoms with E-state index in [1.165, 1.54) is 19.3 Å². The molecule has 0 radical (unpaired) electrons. The lowest BCUT2D eigenvalue weighted by molar-refractivity contribution is -0.152. The molecule has 0 bridgehead atoms. The highest BCUT2D eigenvalue weighted by molar-refractivity contribution is 5.82. The predicted molar refractivity (Wildman–Crippen MR) is 79.0 cm³/mol. The maximum Gasteiger partial charge on any atom is 0.319 e. The van der Waals surface area contributed by atoms with Crippen LogP contribution >= 0.6 is 0 Å². The Morgan fingerprint density at radius 2 is 1.90 bits per heavy atom. The molecule has 1 aliphatic heterocycles. The summed E-state index contributed by atoms with van der Waals surface area (Å²) in [6.07, 6.45) is 9.57. The van der Waals surface area contributed by atoms with Gasteiger partial charge in [0.1, 0.15) is 11.2 Å². The van der Waals surface area contributed by atoms with E-state index in [1.54, 1.807) is 0 Å². The molecule has 116 valence electrons. The average Bonchev–Trinajstić information content (AvgIpc) is 2.78. The van der Waals surface area contributed by atoms with Crippen molar-refractivity contribution in [2.75, 3.05) is 6.61 Å². The Bertz CT molecular complexity index is 504. The number of hydrogen-bond acceptors (Lipinski definition) is 4. The molecule has 2 aliphatic rings. The van der Waals surface area contributed by atoms with Gasteiger partial charge in [-0.1, -0.05) is 25.7 Å². The molecule has 3 rings (SSSR count). The highest BCUT2D eigenvalue weighted by Gasteiger charge is 2.47. The maximum atomic E-state index is 12.7. The van der Waals surface area contributed by atoms with Crippen molar-refractivity contribution >= 4 is 5.97 Å². The van der Waals surface area contributed by atoms with Gasteiger partial charge >= 0.3 is 5.97 Å². The number of esters is 1. The second kappa shape index (κ2) is 6.16. The summed E-state index contributed by atoms with van der Waals surface area (Å²) in [5, 5.41) is 8.84. The van der Waals surface area contributed by atoms with Crippen LogP contribution in [0.5, 0.6) is 0 Å². The van der Waals surface area contributed by atoms with E-state index in [0.717, 1.165) is 56.7 Å². The summed E-state index contributed by atoms with van der Waals surface area (Å²) in [5.74, 6) is 1.83. The van der Waals surface area contributed by atoms with Crippen molar-refractivity contribution in [2.24, 2.45) is 0 Å². The van der Waals surface area contributed by atoms with E-state index >= 15 is 0 Å². The molecule has 2 heterocycles. The Morgan fingerprint density at radius 1 is 1.14 bits per heavy atom. The summed E-state index contributed by atoms with van der Waals surface area (Å²) in [4.78, 5) is 12.7. The number of hydrogen-bond donors (Lipinski definition) is 0. The van der Waals surface area contributed by atoms with Crippen LogP contribution in [0.2, 0.25) is 0 Å². The van der Waals surface area contributed by atoms with Crippen LogP contribution in [0, 0.1) is 0 Å². The number of carbonyl (C=O) groups excluding carboxylic acids is 1. The molecular weight excluding hydrogens is 266 g/mol. The highest BCUT2D eigenvalue weighted by atomic mass is 16.5. The van der Waals surface area contributed by atoms with Crippen molar-refractivity contribution in [1.29, 1.82) is 0 Å². The molecule has 1 aromatic heterocycles. The van der Waals surface area contributed by atoms with E-state index in [2.05, 4.69) is 14.8 Å². The third-order valence-electron chi connectivity index (χ3n) is 4.91. The smallest absolute Gasteiger partial charge is 0.319 e. The van der Waals surface area contributed by atoms with Crippen molar-refractivity contribution in [2.45, 2.75) is 76.7 Å². The summed E-state index contributed by atoms with van der Waals surface area (Å²) < 4.78 is 7.63. The van der Waals surface area contributed by atoms with Crippen LogP contribution in [0.4, 0.5) is 0 Å². The molecule has 0 atom stereocenters. The van der Waals surface area contributed by atoms with Gasteiger partial charge in [0.2, 0.25) is 0 Å². The Kier molecular flexibility index (Phi) is 4.27. The SMILES string of the molecule is CCOC(=O)C1(c2nnc3n2CCCCC3)CCCCC1. The van der Waals surface area contributed by atoms with Gasteiger partial charge in [-0.15, -0.1) is 10.2 Å². The lowest BCUT2D eigenvalue weighted by Gasteiger charge is -2.34. The lowest BCUT2D eigenvalue weighted by atomic mass is 9.73. The van der Waals surface area contributed by atoms with Crippen molar-refractivity contribution in [1.82, 2.24) is 14.8 Å². The number of carbonyl (C=O) groups is 1. The second-order valence-corrected chi connectivity index (χ2v) is 6.27. The Labute approximate surface area is 126 Å². The molecule has 1 aliphatic carbocycles. The molecule has 0 saturated heterocycles. The molecule has 1 fully saturated rings. The van der Waals surface area contributed by atoms with Gasteiger partial charge in [0.05, 0.1) is 6.61 Å². The van der Waals surface area contributed by atoms with Gasteiger partial charge in [-0.2, -0.15) is 0 Å². The monoisotopic (exact) mass is 291 g/mol. The fourth-order valence-electron chi connectivity index (χ4n) is 3.78. The number of rotatable bonds is 3. The molecule has 5 heteroatoms. The van der Waals surface area contributed by atoms with E-state index in [1.807, 2.05) is 6.92 Å². The van der Waals surface area contributed by atoms with E-state index in [-0.39, 0.29) is 5.97 Å². The minimum atomic E-state index is -0.552. The van der Waals surface area contributed by atoms with Gasteiger partial charge in [-0.3, -0.25) is 4.79 Å². The van der Waals surface area contributed by atoms with Crippen LogP contribution in [0.1, 0.15) is 69.9 Å². The molecule has 5 nitrogen and oxygen atoms in total. The molecule has 1 aromatic rings. The molecule has 0 aromatic carbocycles. The van der Waals surface area contributed by atoms with Gasteiger partial charge in [0.25, 0.3) is 0 Å². The minimum Gasteiger partial charge on any atom is -0.465 e. The number of ether oxygens (including phenoxy) is 1. The Morgan fingerprint density at radius 3 is 2.67 bits per heavy atom. The first kappa shape index (κ1) is 14.5. The summed E-state index contributed by atoms with van der Waals surface area (Å²) in [6.45, 7) is 3.25. The van der Waals surface area contributed by atoms with Crippen LogP contribution in [0.3, 0.4) is 0 Å². The summed E-state index contributed by atoms with van der Waals surface area (Å²) in [7, 11) is 0. The molecule has 0 N–H and O–H groups in total. The lowest BCUT2D eigenvalue weighted by Crippen LogP contribution is -2.42. The van der Waals surface area contributed by atoms with Crippen molar-refractivity contribution in [3.63, 3.8) is 0 Å². The zero-order chi connectivity index (χ0) is 14.7. The topological polar surface area (TPSA) is 57.0 Å². The molecule has 1 saturated carbocycles. The third-order valence-corrected chi connectivity index (χ3v) is 4.91. The molecule has 0 amide bonds. The summed E-state index contributed by atoms with van der Waals surface area (Å²) in [6, 6.07) is 0. The first-order chi connectivity index (χ1) is 10.3. The van der Waals surface area contributed by atoms with Crippen molar-refractivity contribution in [3.8, 4) is 0 Å². The van der Waals surface area contributed by atoms with E-state index < -0.39 is 5.41 Å². The molecule has 0 unspecified atom stereocenters. The first-order valence-corrected chi connectivity index (χ1v) is 8.38. The Hall–Kier alpha value is -1.39. The van der Waals surface area contributed by atoms with Crippen LogP contribution in [0.15, 0.2) is 0 Å². The fraction of sp³-hybridized carbons (Fsp3) is 0.812. The molecule has 21 heavy (non-hydrogen) atoms. The van der Waals surface area contributed by atoms with Gasteiger partial charge in [0.15, 0.2) is 5.82 Å². The molecule has 0 spiro atoms. The van der Waals surface area contributed by atoms with Crippen LogP contribution in [0.25, 0.3) is 0 Å². The highest BCUT2D eigenvalue weighted by Crippen LogP contribution is 2.40. The van der Waals surface area contributed by atoms with Crippen LogP contribution < -0.4 is 0 Å². The van der Waals surface area contributed by atoms with E-state index in [4.69, 9.17) is 4.74 Å². The Balaban J connectivity index is 2.00. The number of aryl methyl sites for hydroxylation is 1. The van der Waals surface area contributed by atoms with Gasteiger partial charge in [0, 0.05) is 13.0 Å². The number of nitrogens with zero attached hydrogens (tertiary/aromatic N) is 3. The quantitative estimate of drug-likeness (QED) is 0.804. The average molecular weight is 291 g/mol. The van der Waals surface area contributed by atoms with Crippen molar-refractivity contribution in [3.05, 3.63) is 11.6 Å². The largest absolute Gasteiger partial charge is 0.465 e. The number of fused-ring (bicyclic) bond motifs is 1. The first-order valence-electron chi connectivity index (χ1n) is 8.38. The number of aromatic nitrogens is 3. The molecular formula is C16H25N3O2. The van der Waals surface area contributed by atoms with Crippen LogP contribution in [-0.4, -0.2) is 27.3 Å². The van der Waals surface area contributed by atoms with Gasteiger partial charge in [-0.25, -0.2) is 0 Å². The fourth-order valence-corrected chi connectivity index (χ4v) is 3.78. The van der Waals surface area contributed by atoms with Gasteiger partial charge < -0.3 is 9.30 Å². The maximum absolute atomic E-state index is 12.7. The standard InChI is InChI=1S/C16H25N3O2/c1-2-21-15(20)16(10-6-4-7-11-16)14-18-17-13-9-5-3-8-12-19(13)14/h2-12H2,1H3. The second-order valence-electron chi connectivity index (χ2n) is 6.27. The zero-order valence-corrected chi connectivity index (χ0v) is 12.9. The minimum absolute atomic E-state index is 0.0934. The third kappa shape index (κ3) is 2.58. The van der Waals surface area contributed by atoms with Crippen LogP contribution in [-0.2, 0) is 27.9 Å². The predicted octanol–water partition coefficient (Wildman–Crippen LogP) is 2.77. The summed E-state index contributed by atoms with van der Waals surface area (Å²) in [5.41, 5.74) is -0.552. The summed E-state index contributed by atoms with van der Waals surface area (Å²) >= 11 is 0. The zero-order valence-electron chi connectivity index (χ0n) is 12.9. The van der Waals surface area contributed by atoms with E-state index in [9.17, 15) is 4.79 Å². The van der Waals surface area contributed by atoms with Gasteiger partial charge in [-0.05, 0) is 32.6 Å². The normalized spacial score (nSPS) is 21.4. The van der Waals surface area contributed by atoms with Crippen molar-refractivity contribution < 1.29 is 9.53 Å².